The summed E-state index contributed by atoms with van der Waals surface area (Å²) in [6, 6.07) is 15.2. The van der Waals surface area contributed by atoms with Gasteiger partial charge in [0.2, 0.25) is 11.8 Å². The highest BCUT2D eigenvalue weighted by molar-refractivity contribution is 5.95. The summed E-state index contributed by atoms with van der Waals surface area (Å²) >= 11 is 0. The molecule has 0 aliphatic carbocycles. The maximum atomic E-state index is 12.8. The third-order valence-electron chi connectivity index (χ3n) is 6.22. The van der Waals surface area contributed by atoms with Gasteiger partial charge in [0.25, 0.3) is 5.91 Å². The van der Waals surface area contributed by atoms with Gasteiger partial charge < -0.3 is 15.1 Å². The fourth-order valence-corrected chi connectivity index (χ4v) is 4.32. The predicted octanol–water partition coefficient (Wildman–Crippen LogP) is 2.90. The second-order valence-corrected chi connectivity index (χ2v) is 8.34. The van der Waals surface area contributed by atoms with Crippen molar-refractivity contribution in [3.63, 3.8) is 0 Å². The summed E-state index contributed by atoms with van der Waals surface area (Å²) in [6.45, 7) is 3.81. The Bertz CT molecular complexity index is 953. The monoisotopic (exact) mass is 419 g/mol. The minimum Gasteiger partial charge on any atom is -0.348 e. The standard InChI is InChI=1S/C25H29N3O3/c1-2-18-6-8-19(9-7-18)15-26-24(30)21-12-10-20(11-13-21)16-27-17-23(29)28-14-4-3-5-22(28)25(27)31/h6-13,22H,2-5,14-17H2,1H3,(H,26,30)/t22-/m1/s1. The number of hydrogen-bond donors (Lipinski definition) is 1. The minimum atomic E-state index is -0.300. The third-order valence-corrected chi connectivity index (χ3v) is 6.22. The second-order valence-electron chi connectivity index (χ2n) is 8.34. The van der Waals surface area contributed by atoms with Crippen molar-refractivity contribution in [3.05, 3.63) is 70.8 Å². The first kappa shape index (κ1) is 21.1. The zero-order chi connectivity index (χ0) is 21.8. The topological polar surface area (TPSA) is 69.7 Å². The number of carbonyl (C=O) groups excluding carboxylic acids is 3. The van der Waals surface area contributed by atoms with Crippen LogP contribution in [0.25, 0.3) is 0 Å². The Morgan fingerprint density at radius 3 is 2.35 bits per heavy atom. The molecule has 0 unspecified atom stereocenters. The van der Waals surface area contributed by atoms with Crippen molar-refractivity contribution in [1.29, 1.82) is 0 Å². The molecule has 0 saturated carbocycles. The van der Waals surface area contributed by atoms with Crippen LogP contribution in [-0.2, 0) is 29.1 Å². The van der Waals surface area contributed by atoms with E-state index >= 15 is 0 Å². The zero-order valence-electron chi connectivity index (χ0n) is 18.0. The summed E-state index contributed by atoms with van der Waals surface area (Å²) in [5.41, 5.74) is 3.83. The number of carbonyl (C=O) groups is 3. The van der Waals surface area contributed by atoms with Crippen LogP contribution in [0.15, 0.2) is 48.5 Å². The van der Waals surface area contributed by atoms with Crippen LogP contribution in [0.3, 0.4) is 0 Å². The Hall–Kier alpha value is -3.15. The van der Waals surface area contributed by atoms with E-state index in [1.165, 1.54) is 5.56 Å². The zero-order valence-corrected chi connectivity index (χ0v) is 18.0. The van der Waals surface area contributed by atoms with E-state index in [0.717, 1.165) is 36.8 Å². The Labute approximate surface area is 183 Å². The van der Waals surface area contributed by atoms with Crippen molar-refractivity contribution < 1.29 is 14.4 Å². The van der Waals surface area contributed by atoms with E-state index in [9.17, 15) is 14.4 Å². The van der Waals surface area contributed by atoms with E-state index in [1.54, 1.807) is 21.9 Å². The Kier molecular flexibility index (Phi) is 6.35. The van der Waals surface area contributed by atoms with E-state index in [-0.39, 0.29) is 30.3 Å². The largest absolute Gasteiger partial charge is 0.348 e. The molecule has 0 aromatic heterocycles. The third kappa shape index (κ3) is 4.79. The number of rotatable bonds is 6. The number of piperidine rings is 1. The smallest absolute Gasteiger partial charge is 0.251 e. The van der Waals surface area contributed by atoms with Gasteiger partial charge in [-0.25, -0.2) is 0 Å². The fraction of sp³-hybridized carbons (Fsp3) is 0.400. The normalized spacial score (nSPS) is 18.7. The van der Waals surface area contributed by atoms with E-state index < -0.39 is 0 Å². The number of fused-ring (bicyclic) bond motifs is 1. The minimum absolute atomic E-state index is 0.0345. The molecule has 0 radical (unpaired) electrons. The van der Waals surface area contributed by atoms with Gasteiger partial charge in [0.1, 0.15) is 12.6 Å². The Morgan fingerprint density at radius 1 is 0.968 bits per heavy atom. The quantitative estimate of drug-likeness (QED) is 0.783. The number of nitrogens with one attached hydrogen (secondary N) is 1. The number of aryl methyl sites for hydroxylation is 1. The highest BCUT2D eigenvalue weighted by Crippen LogP contribution is 2.24. The molecule has 2 aliphatic rings. The van der Waals surface area contributed by atoms with Gasteiger partial charge in [-0.05, 0) is 54.5 Å². The molecule has 2 aromatic rings. The number of piperazine rings is 1. The van der Waals surface area contributed by atoms with Gasteiger partial charge >= 0.3 is 0 Å². The summed E-state index contributed by atoms with van der Waals surface area (Å²) in [4.78, 5) is 41.1. The lowest BCUT2D eigenvalue weighted by molar-refractivity contribution is -0.158. The van der Waals surface area contributed by atoms with Gasteiger partial charge in [-0.3, -0.25) is 14.4 Å². The molecular weight excluding hydrogens is 390 g/mol. The molecule has 2 fully saturated rings. The highest BCUT2D eigenvalue weighted by Gasteiger charge is 2.40. The van der Waals surface area contributed by atoms with Crippen molar-refractivity contribution in [3.8, 4) is 0 Å². The summed E-state index contributed by atoms with van der Waals surface area (Å²) in [7, 11) is 0. The van der Waals surface area contributed by atoms with Crippen molar-refractivity contribution in [2.24, 2.45) is 0 Å². The molecule has 2 aromatic carbocycles. The first-order valence-corrected chi connectivity index (χ1v) is 11.1. The molecule has 6 nitrogen and oxygen atoms in total. The average Bonchev–Trinajstić information content (AvgIpc) is 2.81. The van der Waals surface area contributed by atoms with Crippen molar-refractivity contribution in [1.82, 2.24) is 15.1 Å². The van der Waals surface area contributed by atoms with Crippen LogP contribution in [-0.4, -0.2) is 46.7 Å². The van der Waals surface area contributed by atoms with Gasteiger partial charge in [-0.15, -0.1) is 0 Å². The van der Waals surface area contributed by atoms with Gasteiger partial charge in [-0.1, -0.05) is 43.3 Å². The van der Waals surface area contributed by atoms with E-state index in [2.05, 4.69) is 24.4 Å². The number of hydrogen-bond acceptors (Lipinski definition) is 3. The summed E-state index contributed by atoms with van der Waals surface area (Å²) in [5.74, 6) is -0.0596. The molecule has 2 aliphatic heterocycles. The van der Waals surface area contributed by atoms with Crippen LogP contribution in [0, 0.1) is 0 Å². The van der Waals surface area contributed by atoms with E-state index in [1.807, 2.05) is 24.3 Å². The predicted molar refractivity (Wildman–Crippen MR) is 118 cm³/mol. The van der Waals surface area contributed by atoms with Gasteiger partial charge in [0, 0.05) is 25.2 Å². The molecule has 4 rings (SSSR count). The first-order valence-electron chi connectivity index (χ1n) is 11.1. The fourth-order valence-electron chi connectivity index (χ4n) is 4.32. The average molecular weight is 420 g/mol. The SMILES string of the molecule is CCc1ccc(CNC(=O)c2ccc(CN3CC(=O)N4CCCC[C@@H]4C3=O)cc2)cc1. The molecule has 6 heteroatoms. The molecule has 31 heavy (non-hydrogen) atoms. The molecule has 0 bridgehead atoms. The van der Waals surface area contributed by atoms with Crippen LogP contribution < -0.4 is 5.32 Å². The molecule has 2 heterocycles. The maximum Gasteiger partial charge on any atom is 0.251 e. The van der Waals surface area contributed by atoms with Crippen LogP contribution in [0.5, 0.6) is 0 Å². The van der Waals surface area contributed by atoms with Crippen LogP contribution in [0.2, 0.25) is 0 Å². The van der Waals surface area contributed by atoms with Gasteiger partial charge in [0.05, 0.1) is 0 Å². The highest BCUT2D eigenvalue weighted by atomic mass is 16.2. The molecule has 162 valence electrons. The van der Waals surface area contributed by atoms with Gasteiger partial charge in [-0.2, -0.15) is 0 Å². The maximum absolute atomic E-state index is 12.8. The lowest BCUT2D eigenvalue weighted by Gasteiger charge is -2.42. The Morgan fingerprint density at radius 2 is 1.65 bits per heavy atom. The van der Waals surface area contributed by atoms with E-state index in [4.69, 9.17) is 0 Å². The van der Waals surface area contributed by atoms with Crippen molar-refractivity contribution >= 4 is 17.7 Å². The summed E-state index contributed by atoms with van der Waals surface area (Å²) in [6.07, 6.45) is 3.71. The lowest BCUT2D eigenvalue weighted by atomic mass is 9.98. The number of amides is 3. The number of benzene rings is 2. The molecule has 3 amide bonds. The molecular formula is C25H29N3O3. The second kappa shape index (κ2) is 9.33. The summed E-state index contributed by atoms with van der Waals surface area (Å²) in [5, 5.41) is 2.94. The molecule has 1 N–H and O–H groups in total. The van der Waals surface area contributed by atoms with Crippen LogP contribution >= 0.6 is 0 Å². The number of nitrogens with zero attached hydrogens (tertiary/aromatic N) is 2. The lowest BCUT2D eigenvalue weighted by Crippen LogP contribution is -2.60. The van der Waals surface area contributed by atoms with Crippen LogP contribution in [0.4, 0.5) is 0 Å². The molecule has 0 spiro atoms. The Balaban J connectivity index is 1.33. The van der Waals surface area contributed by atoms with Crippen molar-refractivity contribution in [2.75, 3.05) is 13.1 Å². The molecule has 2 saturated heterocycles. The first-order chi connectivity index (χ1) is 15.0. The molecule has 1 atom stereocenters. The van der Waals surface area contributed by atoms with Crippen LogP contribution in [0.1, 0.15) is 53.2 Å². The van der Waals surface area contributed by atoms with Crippen molar-refractivity contribution in [2.45, 2.75) is 51.7 Å². The summed E-state index contributed by atoms with van der Waals surface area (Å²) < 4.78 is 0. The van der Waals surface area contributed by atoms with E-state index in [0.29, 0.717) is 25.2 Å². The van der Waals surface area contributed by atoms with Gasteiger partial charge in [0.15, 0.2) is 0 Å².